The number of amides is 1. The molecule has 1 rings (SSSR count). The van der Waals surface area contributed by atoms with Gasteiger partial charge in [0, 0.05) is 18.5 Å². The summed E-state index contributed by atoms with van der Waals surface area (Å²) in [6, 6.07) is 3.03. The Morgan fingerprint density at radius 2 is 2.28 bits per heavy atom. The van der Waals surface area contributed by atoms with Crippen LogP contribution in [0.5, 0.6) is 0 Å². The van der Waals surface area contributed by atoms with Gasteiger partial charge in [-0.2, -0.15) is 0 Å². The topological polar surface area (TPSA) is 98.3 Å². The molecule has 0 aliphatic rings. The van der Waals surface area contributed by atoms with Gasteiger partial charge in [-0.15, -0.1) is 0 Å². The summed E-state index contributed by atoms with van der Waals surface area (Å²) in [6.45, 7) is 1.81. The Bertz CT molecular complexity index is 465. The van der Waals surface area contributed by atoms with E-state index in [2.05, 4.69) is 5.32 Å². The second kappa shape index (κ2) is 6.06. The number of nitro benzene ring substituents is 1. The van der Waals surface area contributed by atoms with Crippen molar-refractivity contribution >= 4 is 17.3 Å². The molecule has 0 aliphatic heterocycles. The lowest BCUT2D eigenvalue weighted by Crippen LogP contribution is -2.26. The Morgan fingerprint density at radius 1 is 1.61 bits per heavy atom. The Hall–Kier alpha value is -2.02. The van der Waals surface area contributed by atoms with E-state index in [4.69, 9.17) is 5.73 Å². The number of nitrogens with two attached hydrogens (primary N) is 1. The van der Waals surface area contributed by atoms with E-state index in [9.17, 15) is 19.3 Å². The van der Waals surface area contributed by atoms with Gasteiger partial charge in [0.2, 0.25) is 5.91 Å². The molecule has 3 N–H and O–H groups in total. The summed E-state index contributed by atoms with van der Waals surface area (Å²) >= 11 is 0. The number of hydrogen-bond donors (Lipinski definition) is 2. The van der Waals surface area contributed by atoms with E-state index in [1.807, 2.05) is 6.92 Å². The molecule has 0 saturated heterocycles. The molecule has 0 radical (unpaired) electrons. The number of anilines is 1. The molecule has 0 heterocycles. The third-order valence-corrected chi connectivity index (χ3v) is 2.42. The highest BCUT2D eigenvalue weighted by molar-refractivity contribution is 5.93. The first-order chi connectivity index (χ1) is 8.45. The summed E-state index contributed by atoms with van der Waals surface area (Å²) < 4.78 is 13.4. The second-order valence-corrected chi connectivity index (χ2v) is 3.81. The number of carbonyl (C=O) groups is 1. The number of nitrogens with zero attached hydrogens (tertiary/aromatic N) is 1. The quantitative estimate of drug-likeness (QED) is 0.619. The van der Waals surface area contributed by atoms with Gasteiger partial charge in [-0.1, -0.05) is 13.0 Å². The van der Waals surface area contributed by atoms with Gasteiger partial charge >= 0.3 is 0 Å². The van der Waals surface area contributed by atoms with Crippen LogP contribution in [0.2, 0.25) is 0 Å². The summed E-state index contributed by atoms with van der Waals surface area (Å²) in [5.74, 6) is -1.39. The molecule has 7 heteroatoms. The van der Waals surface area contributed by atoms with E-state index >= 15 is 0 Å². The number of rotatable bonds is 5. The molecule has 1 amide bonds. The zero-order chi connectivity index (χ0) is 13.7. The Balaban J connectivity index is 2.90. The molecule has 0 fully saturated rings. The molecule has 0 spiro atoms. The third kappa shape index (κ3) is 3.49. The first-order valence-corrected chi connectivity index (χ1v) is 5.44. The van der Waals surface area contributed by atoms with Crippen LogP contribution in [0.25, 0.3) is 0 Å². The largest absolute Gasteiger partial charge is 0.327 e. The van der Waals surface area contributed by atoms with Gasteiger partial charge in [0.15, 0.2) is 11.5 Å². The SMILES string of the molecule is CCC(N)CC(=O)Nc1c(F)cccc1[N+](=O)[O-]. The third-order valence-electron chi connectivity index (χ3n) is 2.42. The predicted octanol–water partition coefficient (Wildman–Crippen LogP) is 1.80. The fourth-order valence-corrected chi connectivity index (χ4v) is 1.36. The number of halogens is 1. The minimum atomic E-state index is -0.845. The normalized spacial score (nSPS) is 11.9. The standard InChI is InChI=1S/C11H14FN3O3/c1-2-7(13)6-10(16)14-11-8(12)4-3-5-9(11)15(17)18/h3-5,7H,2,6,13H2,1H3,(H,14,16). The summed E-state index contributed by atoms with van der Waals surface area (Å²) in [5.41, 5.74) is 4.68. The van der Waals surface area contributed by atoms with Crippen LogP contribution in [0.3, 0.4) is 0 Å². The molecule has 1 unspecified atom stereocenters. The van der Waals surface area contributed by atoms with Gasteiger partial charge in [-0.05, 0) is 12.5 Å². The molecule has 0 aromatic heterocycles. The Labute approximate surface area is 103 Å². The number of para-hydroxylation sites is 1. The molecule has 1 atom stereocenters. The van der Waals surface area contributed by atoms with Crippen molar-refractivity contribution in [1.29, 1.82) is 0 Å². The highest BCUT2D eigenvalue weighted by Crippen LogP contribution is 2.27. The first kappa shape index (κ1) is 14.0. The van der Waals surface area contributed by atoms with Crippen LogP contribution < -0.4 is 11.1 Å². The summed E-state index contributed by atoms with van der Waals surface area (Å²) in [7, 11) is 0. The van der Waals surface area contributed by atoms with Crippen LogP contribution in [0.1, 0.15) is 19.8 Å². The van der Waals surface area contributed by atoms with E-state index < -0.39 is 28.0 Å². The lowest BCUT2D eigenvalue weighted by atomic mass is 10.1. The van der Waals surface area contributed by atoms with Crippen molar-refractivity contribution in [3.8, 4) is 0 Å². The van der Waals surface area contributed by atoms with Crippen molar-refractivity contribution in [2.24, 2.45) is 5.73 Å². The van der Waals surface area contributed by atoms with Crippen molar-refractivity contribution in [2.45, 2.75) is 25.8 Å². The molecule has 0 saturated carbocycles. The van der Waals surface area contributed by atoms with Crippen molar-refractivity contribution in [3.05, 3.63) is 34.1 Å². The summed E-state index contributed by atoms with van der Waals surface area (Å²) in [6.07, 6.45) is 0.578. The minimum Gasteiger partial charge on any atom is -0.327 e. The zero-order valence-electron chi connectivity index (χ0n) is 9.85. The average molecular weight is 255 g/mol. The van der Waals surface area contributed by atoms with Crippen LogP contribution in [-0.4, -0.2) is 16.9 Å². The number of nitrogens with one attached hydrogen (secondary N) is 1. The average Bonchev–Trinajstić information content (AvgIpc) is 2.31. The van der Waals surface area contributed by atoms with Crippen LogP contribution >= 0.6 is 0 Å². The van der Waals surface area contributed by atoms with Crippen molar-refractivity contribution in [3.63, 3.8) is 0 Å². The minimum absolute atomic E-state index is 0.0119. The second-order valence-electron chi connectivity index (χ2n) is 3.81. The highest BCUT2D eigenvalue weighted by Gasteiger charge is 2.20. The molecular weight excluding hydrogens is 241 g/mol. The van der Waals surface area contributed by atoms with Gasteiger partial charge in [0.1, 0.15) is 0 Å². The van der Waals surface area contributed by atoms with Crippen LogP contribution in [0, 0.1) is 15.9 Å². The molecule has 1 aromatic carbocycles. The fraction of sp³-hybridized carbons (Fsp3) is 0.364. The monoisotopic (exact) mass is 255 g/mol. The Kier molecular flexibility index (Phi) is 4.73. The van der Waals surface area contributed by atoms with Crippen molar-refractivity contribution < 1.29 is 14.1 Å². The summed E-state index contributed by atoms with van der Waals surface area (Å²) in [4.78, 5) is 21.5. The van der Waals surface area contributed by atoms with Gasteiger partial charge in [0.05, 0.1) is 4.92 Å². The van der Waals surface area contributed by atoms with Crippen LogP contribution in [0.15, 0.2) is 18.2 Å². The van der Waals surface area contributed by atoms with E-state index in [0.29, 0.717) is 6.42 Å². The molecule has 0 aliphatic carbocycles. The maximum Gasteiger partial charge on any atom is 0.295 e. The number of hydrogen-bond acceptors (Lipinski definition) is 4. The lowest BCUT2D eigenvalue weighted by Gasteiger charge is -2.10. The van der Waals surface area contributed by atoms with E-state index in [1.54, 1.807) is 0 Å². The van der Waals surface area contributed by atoms with Gasteiger partial charge in [-0.25, -0.2) is 4.39 Å². The maximum atomic E-state index is 13.4. The number of carbonyl (C=O) groups excluding carboxylic acids is 1. The Morgan fingerprint density at radius 3 is 2.83 bits per heavy atom. The lowest BCUT2D eigenvalue weighted by molar-refractivity contribution is -0.384. The van der Waals surface area contributed by atoms with E-state index in [-0.39, 0.29) is 12.5 Å². The van der Waals surface area contributed by atoms with Crippen molar-refractivity contribution in [1.82, 2.24) is 0 Å². The van der Waals surface area contributed by atoms with Gasteiger partial charge < -0.3 is 11.1 Å². The summed E-state index contributed by atoms with van der Waals surface area (Å²) in [5, 5.41) is 12.9. The smallest absolute Gasteiger partial charge is 0.295 e. The first-order valence-electron chi connectivity index (χ1n) is 5.44. The fourth-order valence-electron chi connectivity index (χ4n) is 1.36. The predicted molar refractivity (Wildman–Crippen MR) is 64.6 cm³/mol. The van der Waals surface area contributed by atoms with Crippen LogP contribution in [0.4, 0.5) is 15.8 Å². The highest BCUT2D eigenvalue weighted by atomic mass is 19.1. The van der Waals surface area contributed by atoms with Crippen LogP contribution in [-0.2, 0) is 4.79 Å². The zero-order valence-corrected chi connectivity index (χ0v) is 9.85. The number of nitro groups is 1. The molecule has 18 heavy (non-hydrogen) atoms. The van der Waals surface area contributed by atoms with E-state index in [1.165, 1.54) is 6.07 Å². The van der Waals surface area contributed by atoms with Crippen molar-refractivity contribution in [2.75, 3.05) is 5.32 Å². The molecule has 6 nitrogen and oxygen atoms in total. The van der Waals surface area contributed by atoms with Gasteiger partial charge in [0.25, 0.3) is 5.69 Å². The van der Waals surface area contributed by atoms with E-state index in [0.717, 1.165) is 12.1 Å². The molecular formula is C11H14FN3O3. The van der Waals surface area contributed by atoms with Gasteiger partial charge in [-0.3, -0.25) is 14.9 Å². The molecule has 98 valence electrons. The molecule has 0 bridgehead atoms. The number of benzene rings is 1. The maximum absolute atomic E-state index is 13.4. The molecule has 1 aromatic rings.